The Kier molecular flexibility index (Phi) is 3.89. The number of nitrogens with zero attached hydrogens (tertiary/aromatic N) is 3. The summed E-state index contributed by atoms with van der Waals surface area (Å²) in [4.78, 5) is 11.5. The molecule has 2 heterocycles. The Morgan fingerprint density at radius 2 is 2.23 bits per heavy atom. The van der Waals surface area contributed by atoms with Gasteiger partial charge in [0.1, 0.15) is 5.69 Å². The van der Waals surface area contributed by atoms with E-state index in [0.717, 1.165) is 6.39 Å². The average molecular weight is 326 g/mol. The number of carbonyl (C=O) groups excluding carboxylic acids is 1. The van der Waals surface area contributed by atoms with E-state index in [0.29, 0.717) is 33.5 Å². The summed E-state index contributed by atoms with van der Waals surface area (Å²) in [6, 6.07) is 4.92. The van der Waals surface area contributed by atoms with Gasteiger partial charge in [-0.25, -0.2) is 8.78 Å². The van der Waals surface area contributed by atoms with Gasteiger partial charge in [-0.05, 0) is 12.1 Å². The second-order valence-electron chi connectivity index (χ2n) is 4.62. The summed E-state index contributed by atoms with van der Waals surface area (Å²) in [6.07, 6.45) is -1.07. The van der Waals surface area contributed by atoms with Gasteiger partial charge in [-0.2, -0.15) is 0 Å². The first-order chi connectivity index (χ1) is 10.6. The van der Waals surface area contributed by atoms with Crippen LogP contribution in [0, 0.1) is 0 Å². The third kappa shape index (κ3) is 2.48. The molecule has 0 aliphatic heterocycles. The number of aromatic nitrogens is 3. The lowest BCUT2D eigenvalue weighted by Crippen LogP contribution is -2.05. The van der Waals surface area contributed by atoms with Crippen molar-refractivity contribution in [3.8, 4) is 11.6 Å². The maximum absolute atomic E-state index is 12.6. The van der Waals surface area contributed by atoms with E-state index in [1.807, 2.05) is 0 Å². The summed E-state index contributed by atoms with van der Waals surface area (Å²) in [5.74, 6) is 0.101. The van der Waals surface area contributed by atoms with Crippen molar-refractivity contribution in [3.63, 3.8) is 0 Å². The van der Waals surface area contributed by atoms with Crippen molar-refractivity contribution in [1.29, 1.82) is 0 Å². The van der Waals surface area contributed by atoms with Crippen molar-refractivity contribution < 1.29 is 18.0 Å². The first-order valence-electron chi connectivity index (χ1n) is 6.43. The summed E-state index contributed by atoms with van der Waals surface area (Å²) in [6.45, 7) is 0.0000617. The fourth-order valence-electron chi connectivity index (χ4n) is 2.43. The molecule has 0 atom stereocenters. The van der Waals surface area contributed by atoms with Crippen LogP contribution in [0.2, 0.25) is 5.02 Å². The summed E-state index contributed by atoms with van der Waals surface area (Å²) in [5, 5.41) is 8.40. The van der Waals surface area contributed by atoms with Gasteiger partial charge in [0.05, 0.1) is 11.1 Å². The quantitative estimate of drug-likeness (QED) is 0.669. The molecule has 22 heavy (non-hydrogen) atoms. The number of aldehydes is 1. The molecule has 5 nitrogen and oxygen atoms in total. The summed E-state index contributed by atoms with van der Waals surface area (Å²) >= 11 is 5.98. The molecule has 0 radical (unpaired) electrons. The topological polar surface area (TPSA) is 60.9 Å². The molecule has 0 bridgehead atoms. The third-order valence-electron chi connectivity index (χ3n) is 3.32. The Morgan fingerprint density at radius 1 is 1.41 bits per heavy atom. The van der Waals surface area contributed by atoms with Crippen LogP contribution in [0.15, 0.2) is 29.0 Å². The lowest BCUT2D eigenvalue weighted by atomic mass is 10.1. The zero-order chi connectivity index (χ0) is 15.7. The van der Waals surface area contributed by atoms with Crippen LogP contribution in [0.5, 0.6) is 0 Å². The summed E-state index contributed by atoms with van der Waals surface area (Å²) in [7, 11) is 0. The van der Waals surface area contributed by atoms with Crippen molar-refractivity contribution in [2.24, 2.45) is 0 Å². The lowest BCUT2D eigenvalue weighted by Gasteiger charge is -2.08. The smallest absolute Gasteiger partial charge is 0.264 e. The molecule has 0 fully saturated rings. The molecule has 0 aliphatic rings. The molecular formula is C14H10ClF2N3O2. The van der Waals surface area contributed by atoms with Gasteiger partial charge in [0, 0.05) is 23.4 Å². The van der Waals surface area contributed by atoms with Crippen LogP contribution in [-0.4, -0.2) is 27.5 Å². The first-order valence-corrected chi connectivity index (χ1v) is 6.81. The number of hydrogen-bond acceptors (Lipinski definition) is 4. The number of benzene rings is 1. The number of halogens is 3. The van der Waals surface area contributed by atoms with E-state index < -0.39 is 6.43 Å². The van der Waals surface area contributed by atoms with Crippen LogP contribution in [0.25, 0.3) is 22.5 Å². The van der Waals surface area contributed by atoms with E-state index in [1.165, 1.54) is 0 Å². The Labute approximate surface area is 128 Å². The van der Waals surface area contributed by atoms with Crippen LogP contribution in [0.4, 0.5) is 8.78 Å². The largest absolute Gasteiger partial charge is 0.422 e. The van der Waals surface area contributed by atoms with E-state index >= 15 is 0 Å². The van der Waals surface area contributed by atoms with Crippen molar-refractivity contribution in [1.82, 2.24) is 14.8 Å². The van der Waals surface area contributed by atoms with E-state index in [4.69, 9.17) is 16.0 Å². The maximum Gasteiger partial charge on any atom is 0.264 e. The maximum atomic E-state index is 12.6. The number of rotatable bonds is 5. The molecule has 114 valence electrons. The lowest BCUT2D eigenvalue weighted by molar-refractivity contribution is 0.112. The molecule has 0 spiro atoms. The van der Waals surface area contributed by atoms with E-state index in [-0.39, 0.29) is 18.9 Å². The first kappa shape index (κ1) is 14.6. The molecule has 8 heteroatoms. The minimum atomic E-state index is -2.47. The minimum Gasteiger partial charge on any atom is -0.422 e. The van der Waals surface area contributed by atoms with E-state index in [2.05, 4.69) is 10.2 Å². The van der Waals surface area contributed by atoms with Gasteiger partial charge in [0.25, 0.3) is 5.89 Å². The molecule has 3 aromatic rings. The van der Waals surface area contributed by atoms with Crippen molar-refractivity contribution in [2.45, 2.75) is 19.4 Å². The van der Waals surface area contributed by atoms with Gasteiger partial charge < -0.3 is 8.98 Å². The highest BCUT2D eigenvalue weighted by atomic mass is 35.5. The monoisotopic (exact) mass is 325 g/mol. The molecule has 0 unspecified atom stereocenters. The van der Waals surface area contributed by atoms with Crippen LogP contribution in [-0.2, 0) is 6.54 Å². The van der Waals surface area contributed by atoms with Crippen LogP contribution < -0.4 is 0 Å². The second-order valence-corrected chi connectivity index (χ2v) is 5.05. The fraction of sp³-hybridized carbons (Fsp3) is 0.214. The molecule has 1 aromatic carbocycles. The standard InChI is InChI=1S/C14H10ClF2N3O2/c15-8-1-2-9-10(6-21)13(14-19-18-7-22-14)20(11(9)5-8)4-3-12(16)17/h1-2,5-7,12H,3-4H2. The van der Waals surface area contributed by atoms with Crippen molar-refractivity contribution >= 4 is 28.8 Å². The van der Waals surface area contributed by atoms with Gasteiger partial charge >= 0.3 is 0 Å². The molecule has 0 aliphatic carbocycles. The molecule has 0 N–H and O–H groups in total. The van der Waals surface area contributed by atoms with Crippen LogP contribution in [0.1, 0.15) is 16.8 Å². The average Bonchev–Trinajstić information content (AvgIpc) is 3.09. The highest BCUT2D eigenvalue weighted by Gasteiger charge is 2.22. The minimum absolute atomic E-state index is 0.0000617. The summed E-state index contributed by atoms with van der Waals surface area (Å²) < 4.78 is 31.9. The second kappa shape index (κ2) is 5.84. The van der Waals surface area contributed by atoms with Crippen molar-refractivity contribution in [3.05, 3.63) is 35.2 Å². The van der Waals surface area contributed by atoms with Gasteiger partial charge in [0.2, 0.25) is 12.8 Å². The zero-order valence-electron chi connectivity index (χ0n) is 11.2. The molecule has 3 rings (SSSR count). The zero-order valence-corrected chi connectivity index (χ0v) is 11.9. The Bertz CT molecular complexity index is 815. The Morgan fingerprint density at radius 3 is 2.86 bits per heavy atom. The van der Waals surface area contributed by atoms with Gasteiger partial charge in [0.15, 0.2) is 6.29 Å². The van der Waals surface area contributed by atoms with E-state index in [1.54, 1.807) is 22.8 Å². The molecule has 0 amide bonds. The predicted octanol–water partition coefficient (Wildman–Crippen LogP) is 3.81. The Hall–Kier alpha value is -2.28. The number of fused-ring (bicyclic) bond motifs is 1. The van der Waals surface area contributed by atoms with Crippen LogP contribution >= 0.6 is 11.6 Å². The van der Waals surface area contributed by atoms with Gasteiger partial charge in [-0.3, -0.25) is 4.79 Å². The summed E-state index contributed by atoms with van der Waals surface area (Å²) in [5.41, 5.74) is 1.21. The Balaban J connectivity index is 2.29. The predicted molar refractivity (Wildman–Crippen MR) is 76.2 cm³/mol. The fourth-order valence-corrected chi connectivity index (χ4v) is 2.60. The van der Waals surface area contributed by atoms with Crippen molar-refractivity contribution in [2.75, 3.05) is 0 Å². The molecule has 0 saturated heterocycles. The molecule has 2 aromatic heterocycles. The highest BCUT2D eigenvalue weighted by Crippen LogP contribution is 2.33. The van der Waals surface area contributed by atoms with Gasteiger partial charge in [-0.15, -0.1) is 10.2 Å². The van der Waals surface area contributed by atoms with E-state index in [9.17, 15) is 13.6 Å². The van der Waals surface area contributed by atoms with Gasteiger partial charge in [-0.1, -0.05) is 17.7 Å². The third-order valence-corrected chi connectivity index (χ3v) is 3.55. The number of aryl methyl sites for hydroxylation is 1. The number of hydrogen-bond donors (Lipinski definition) is 0. The number of alkyl halides is 2. The number of carbonyl (C=O) groups is 1. The SMILES string of the molecule is O=Cc1c(-c2nnco2)n(CCC(F)F)c2cc(Cl)ccc12. The highest BCUT2D eigenvalue weighted by molar-refractivity contribution is 6.31. The molecule has 0 saturated carbocycles. The normalized spacial score (nSPS) is 11.5. The molecular weight excluding hydrogens is 316 g/mol. The van der Waals surface area contributed by atoms with Crippen LogP contribution in [0.3, 0.4) is 0 Å².